The van der Waals surface area contributed by atoms with Crippen molar-refractivity contribution in [2.24, 2.45) is 0 Å². The Bertz CT molecular complexity index is 3380. The van der Waals surface area contributed by atoms with Crippen molar-refractivity contribution in [2.75, 3.05) is 33.2 Å². The number of thioether (sulfide) groups is 1. The number of para-hydroxylation sites is 1. The van der Waals surface area contributed by atoms with Crippen molar-refractivity contribution in [2.45, 2.75) is 55.7 Å². The Morgan fingerprint density at radius 1 is 1.00 bits per heavy atom. The third-order valence-corrected chi connectivity index (χ3v) is 8.24. The summed E-state index contributed by atoms with van der Waals surface area (Å²) in [5.41, 5.74) is -9.54. The van der Waals surface area contributed by atoms with E-state index in [1.165, 1.54) is 0 Å². The quantitative estimate of drug-likeness (QED) is 0.0939. The molecule has 6 rings (SSSR count). The Balaban J connectivity index is 1.74. The lowest BCUT2D eigenvalue weighted by atomic mass is 9.97. The Morgan fingerprint density at radius 2 is 1.72 bits per heavy atom. The lowest BCUT2D eigenvalue weighted by Gasteiger charge is -2.39. The van der Waals surface area contributed by atoms with E-state index in [4.69, 9.17) is 33.5 Å². The van der Waals surface area contributed by atoms with Gasteiger partial charge in [-0.15, -0.1) is 11.8 Å². The van der Waals surface area contributed by atoms with Crippen LogP contribution in [-0.2, 0) is 34.6 Å². The van der Waals surface area contributed by atoms with E-state index in [9.17, 15) is 29.2 Å². The summed E-state index contributed by atoms with van der Waals surface area (Å²) in [5, 5.41) is -2.05. The number of ether oxygens (including phenoxy) is 1. The molecule has 1 amide bonds. The largest absolute Gasteiger partial charge is 0.416 e. The molecule has 0 spiro atoms. The van der Waals surface area contributed by atoms with Crippen LogP contribution in [0.5, 0.6) is 0 Å². The molecule has 0 bridgehead atoms. The first-order chi connectivity index (χ1) is 35.8. The number of carbonyl (C=O) groups is 1. The molecule has 5 aromatic rings. The highest BCUT2D eigenvalue weighted by molar-refractivity contribution is 7.98. The molecule has 1 aliphatic rings. The van der Waals surface area contributed by atoms with Crippen LogP contribution < -0.4 is 5.43 Å². The van der Waals surface area contributed by atoms with Crippen LogP contribution >= 0.6 is 11.8 Å². The zero-order valence-corrected chi connectivity index (χ0v) is 28.0. The van der Waals surface area contributed by atoms with Crippen molar-refractivity contribution >= 4 is 28.6 Å². The van der Waals surface area contributed by atoms with E-state index >= 15 is 9.18 Å². The minimum Gasteiger partial charge on any atom is -0.383 e. The lowest BCUT2D eigenvalue weighted by molar-refractivity contribution is -0.137. The highest BCUT2D eigenvalue weighted by atomic mass is 32.2. The molecule has 4 aromatic carbocycles. The molecule has 1 fully saturated rings. The van der Waals surface area contributed by atoms with Crippen LogP contribution in [0.4, 0.5) is 22.0 Å². The summed E-state index contributed by atoms with van der Waals surface area (Å²) in [7, 11) is 0.847. The average Bonchev–Trinajstić information content (AvgIpc) is 3.28. The number of alkyl halides is 3. The highest BCUT2D eigenvalue weighted by Gasteiger charge is 2.31. The number of rotatable bonds is 12. The molecule has 0 aliphatic carbocycles. The summed E-state index contributed by atoms with van der Waals surface area (Å²) in [6.07, 6.45) is -14.5. The molecule has 1 aromatic heterocycles. The monoisotopic (exact) mass is 775 g/mol. The molecule has 0 unspecified atom stereocenters. The predicted molar refractivity (Wildman–Crippen MR) is 198 cm³/mol. The smallest absolute Gasteiger partial charge is 0.383 e. The van der Waals surface area contributed by atoms with Crippen LogP contribution in [0.1, 0.15) is 70.6 Å². The minimum atomic E-state index is -5.48. The molecule has 1 saturated heterocycles. The topological polar surface area (TPSA) is 54.8 Å². The molecule has 6 nitrogen and oxygen atoms in total. The zero-order valence-electron chi connectivity index (χ0n) is 53.2. The molecular formula is C41H40F5N3O3S. The van der Waals surface area contributed by atoms with Gasteiger partial charge in [0.2, 0.25) is 5.91 Å². The number of hydrogen-bond donors (Lipinski definition) is 0. The maximum atomic E-state index is 15.6. The number of likely N-dealkylation sites (tertiary alicyclic amines) is 1. The Kier molecular flexibility index (Phi) is 5.44. The van der Waals surface area contributed by atoms with Gasteiger partial charge in [-0.25, -0.2) is 8.78 Å². The van der Waals surface area contributed by atoms with Gasteiger partial charge in [0.1, 0.15) is 6.54 Å². The van der Waals surface area contributed by atoms with Gasteiger partial charge in [-0.3, -0.25) is 9.59 Å². The van der Waals surface area contributed by atoms with E-state index in [1.54, 1.807) is 0 Å². The molecule has 2 heterocycles. The number of nitrogens with zero attached hydrogens (tertiary/aromatic N) is 3. The number of benzene rings is 4. The van der Waals surface area contributed by atoms with Gasteiger partial charge in [0.25, 0.3) is 0 Å². The number of amides is 1. The summed E-state index contributed by atoms with van der Waals surface area (Å²) in [5.74, 6) is -6.96. The molecule has 53 heavy (non-hydrogen) atoms. The van der Waals surface area contributed by atoms with Gasteiger partial charge in [0.05, 0.1) is 44.6 Å². The fourth-order valence-corrected chi connectivity index (χ4v) is 5.55. The van der Waals surface area contributed by atoms with Crippen molar-refractivity contribution in [3.63, 3.8) is 0 Å². The Labute approximate surface area is 345 Å². The number of halogens is 5. The number of carbonyl (C=O) groups excluding carboxylic acids is 1. The number of fused-ring (bicyclic) bond motifs is 1. The summed E-state index contributed by atoms with van der Waals surface area (Å²) >= 11 is 0.0521. The van der Waals surface area contributed by atoms with E-state index < -0.39 is 238 Å². The molecule has 12 heteroatoms. The summed E-state index contributed by atoms with van der Waals surface area (Å²) in [4.78, 5) is 28.7. The Hall–Kier alpha value is -4.52. The second kappa shape index (κ2) is 16.7. The highest BCUT2D eigenvalue weighted by Crippen LogP contribution is 2.32. The van der Waals surface area contributed by atoms with E-state index in [0.29, 0.717) is 4.57 Å². The van der Waals surface area contributed by atoms with Crippen LogP contribution in [0, 0.1) is 18.6 Å². The number of piperidine rings is 1. The van der Waals surface area contributed by atoms with Crippen molar-refractivity contribution in [1.29, 1.82) is 0 Å². The minimum absolute atomic E-state index is 0.0521. The maximum Gasteiger partial charge on any atom is 0.416 e. The fraction of sp³-hybridized carbons (Fsp3) is 0.317. The molecule has 278 valence electrons. The van der Waals surface area contributed by atoms with Gasteiger partial charge in [-0.05, 0) is 72.1 Å². The summed E-state index contributed by atoms with van der Waals surface area (Å²) < 4.78 is 305. The SMILES string of the molecule is [2H]c1c([2H])c(F)c(F)c(CSc2c([2H])c(=O)c3c([2H])c([2H])c([2H])c([2H])c3n2CC(=O)N(Cc2c([2H])c([2H])c(-c3c([2H])c([2H])c(C(F)(F)F)c([2H])c3[2H])c([2H])c2C)C2([2H])C([2H])([2H])C([2H])([2H])N(C([2H])([2H])COC)C([2H])([2H])C2([2H])[2H])c1[2H]. The van der Waals surface area contributed by atoms with Crippen LogP contribution in [0.15, 0.2) is 100 Å². The number of hydrogen-bond acceptors (Lipinski definition) is 5. The zero-order chi connectivity index (χ0) is 60.6. The van der Waals surface area contributed by atoms with Crippen molar-refractivity contribution in [3.8, 4) is 11.1 Å². The number of methoxy groups -OCH3 is 1. The molecule has 0 saturated carbocycles. The van der Waals surface area contributed by atoms with Crippen molar-refractivity contribution in [1.82, 2.24) is 14.4 Å². The third-order valence-electron chi connectivity index (χ3n) is 7.21. The second-order valence-electron chi connectivity index (χ2n) is 10.7. The predicted octanol–water partition coefficient (Wildman–Crippen LogP) is 8.71. The molecule has 0 atom stereocenters. The van der Waals surface area contributed by atoms with Crippen LogP contribution in [-0.4, -0.2) is 59.5 Å². The van der Waals surface area contributed by atoms with Gasteiger partial charge >= 0.3 is 6.18 Å². The standard InChI is InChI=1S/C41H40F5N3O3S/c1-27-22-29(28-12-14-32(15-13-28)41(44,45)46)10-11-30(27)24-48(33-16-18-47(19-17-33)20-21-52-2)38(51)25-49-36-9-4-3-7-34(36)37(50)23-39(49)53-26-31-6-5-8-35(42)40(31)43/h3-15,22-23,33H,16-21,24-26H2,1-2H3/i3D,4D,5D,6D,7D,8D,9D,10D,11D,12D,13D,14D,15D,16D2,17D2,18D2,19D2,20D2,22D,23D,33D. The lowest BCUT2D eigenvalue weighted by Crippen LogP contribution is -2.48. The first kappa shape index (κ1) is 17.3. The first-order valence-corrected chi connectivity index (χ1v) is 15.9. The summed E-state index contributed by atoms with van der Waals surface area (Å²) in [6.45, 7) is -16.2. The van der Waals surface area contributed by atoms with Crippen molar-refractivity contribution < 1.29 is 67.1 Å². The molecule has 0 radical (unpaired) electrons. The van der Waals surface area contributed by atoms with E-state index in [0.717, 1.165) is 14.0 Å². The van der Waals surface area contributed by atoms with Crippen LogP contribution in [0.25, 0.3) is 22.0 Å². The molecular weight excluding hydrogens is 710 g/mol. The molecule has 0 N–H and O–H groups in total. The van der Waals surface area contributed by atoms with E-state index in [2.05, 4.69) is 0 Å². The fourth-order valence-electron chi connectivity index (χ4n) is 4.59. The molecule has 1 aliphatic heterocycles. The number of pyridine rings is 1. The third kappa shape index (κ3) is 9.00. The first-order valence-electron chi connectivity index (χ1n) is 27.9. The average molecular weight is 776 g/mol. The van der Waals surface area contributed by atoms with E-state index in [-0.39, 0.29) is 16.7 Å². The summed E-state index contributed by atoms with van der Waals surface area (Å²) in [6, 6.07) is -24.3. The van der Waals surface area contributed by atoms with Crippen molar-refractivity contribution in [3.05, 3.63) is 135 Å². The normalized spacial score (nSPS) is 25.9. The number of aromatic nitrogens is 1. The van der Waals surface area contributed by atoms with Crippen LogP contribution in [0.3, 0.4) is 0 Å². The van der Waals surface area contributed by atoms with Gasteiger partial charge in [-0.2, -0.15) is 13.2 Å². The second-order valence-corrected chi connectivity index (χ2v) is 11.6. The Morgan fingerprint density at radius 3 is 2.43 bits per heavy atom. The maximum absolute atomic E-state index is 15.6. The van der Waals surface area contributed by atoms with Gasteiger partial charge in [0, 0.05) is 75.6 Å². The van der Waals surface area contributed by atoms with E-state index in [1.807, 2.05) is 0 Å². The van der Waals surface area contributed by atoms with Gasteiger partial charge < -0.3 is 19.1 Å². The van der Waals surface area contributed by atoms with Gasteiger partial charge in [0.15, 0.2) is 17.1 Å². The van der Waals surface area contributed by atoms with Gasteiger partial charge in [-0.1, -0.05) is 54.4 Å². The van der Waals surface area contributed by atoms with Crippen LogP contribution in [0.2, 0.25) is 0 Å².